The van der Waals surface area contributed by atoms with Gasteiger partial charge in [-0.05, 0) is 42.8 Å². The Labute approximate surface area is 154 Å². The Morgan fingerprint density at radius 1 is 1.22 bits per heavy atom. The van der Waals surface area contributed by atoms with Crippen LogP contribution in [-0.2, 0) is 9.53 Å². The fourth-order valence-corrected chi connectivity index (χ4v) is 2.50. The van der Waals surface area contributed by atoms with Gasteiger partial charge in [0, 0.05) is 18.2 Å². The van der Waals surface area contributed by atoms with Gasteiger partial charge in [-0.1, -0.05) is 0 Å². The number of hydrogen-bond donors (Lipinski definition) is 0. The predicted molar refractivity (Wildman–Crippen MR) is 94.6 cm³/mol. The summed E-state index contributed by atoms with van der Waals surface area (Å²) in [6, 6.07) is 10.4. The second kappa shape index (κ2) is 7.28. The fraction of sp³-hybridized carbons (Fsp3) is 0.158. The number of nitrogens with zero attached hydrogens (tertiary/aromatic N) is 1. The Hall–Kier alpha value is -3.68. The van der Waals surface area contributed by atoms with E-state index in [0.29, 0.717) is 22.6 Å². The first-order chi connectivity index (χ1) is 12.9. The lowest BCUT2D eigenvalue weighted by atomic mass is 10.1. The highest BCUT2D eigenvalue weighted by atomic mass is 16.6. The first-order valence-electron chi connectivity index (χ1n) is 7.96. The molecule has 1 heterocycles. The van der Waals surface area contributed by atoms with Crippen molar-refractivity contribution in [1.82, 2.24) is 0 Å². The predicted octanol–water partition coefficient (Wildman–Crippen LogP) is 3.15. The number of allylic oxidation sites excluding steroid dienone is 1. The van der Waals surface area contributed by atoms with Gasteiger partial charge in [0.15, 0.2) is 11.9 Å². The number of carbonyl (C=O) groups excluding carboxylic acids is 2. The van der Waals surface area contributed by atoms with Crippen molar-refractivity contribution in [3.63, 3.8) is 0 Å². The van der Waals surface area contributed by atoms with Crippen molar-refractivity contribution < 1.29 is 28.7 Å². The van der Waals surface area contributed by atoms with E-state index in [4.69, 9.17) is 9.47 Å². The molecule has 3 rings (SSSR count). The number of nitro groups is 1. The number of fused-ring (bicyclic) bond motifs is 1. The highest BCUT2D eigenvalue weighted by Gasteiger charge is 2.28. The van der Waals surface area contributed by atoms with Gasteiger partial charge in [0.1, 0.15) is 11.5 Å². The third-order valence-electron chi connectivity index (χ3n) is 3.89. The van der Waals surface area contributed by atoms with E-state index in [1.165, 1.54) is 43.5 Å². The SMILES string of the molecule is COC(=O)C(C)Oc1ccc2c(c1)O/C(=C\c1ccc([N+](=O)[O-])cc1)C2=O. The minimum atomic E-state index is -0.805. The maximum absolute atomic E-state index is 12.4. The molecule has 0 fully saturated rings. The first-order valence-corrected chi connectivity index (χ1v) is 7.96. The summed E-state index contributed by atoms with van der Waals surface area (Å²) in [5.41, 5.74) is 0.911. The Morgan fingerprint density at radius 2 is 1.93 bits per heavy atom. The average molecular weight is 369 g/mol. The van der Waals surface area contributed by atoms with Gasteiger partial charge in [-0.15, -0.1) is 0 Å². The number of non-ortho nitro benzene ring substituents is 1. The Morgan fingerprint density at radius 3 is 2.56 bits per heavy atom. The number of rotatable bonds is 5. The van der Waals surface area contributed by atoms with E-state index in [1.54, 1.807) is 19.1 Å². The molecule has 0 aromatic heterocycles. The molecule has 0 saturated carbocycles. The van der Waals surface area contributed by atoms with Crippen molar-refractivity contribution in [1.29, 1.82) is 0 Å². The van der Waals surface area contributed by atoms with Crippen LogP contribution in [0.1, 0.15) is 22.8 Å². The van der Waals surface area contributed by atoms with Crippen LogP contribution >= 0.6 is 0 Å². The number of Topliss-reactive ketones (excluding diaryl/α,β-unsaturated/α-hetero) is 1. The van der Waals surface area contributed by atoms with Gasteiger partial charge in [0.2, 0.25) is 5.78 Å². The molecule has 2 aromatic rings. The number of benzene rings is 2. The molecule has 138 valence electrons. The summed E-state index contributed by atoms with van der Waals surface area (Å²) >= 11 is 0. The quantitative estimate of drug-likeness (QED) is 0.345. The van der Waals surface area contributed by atoms with Crippen LogP contribution in [0.4, 0.5) is 5.69 Å². The second-order valence-corrected chi connectivity index (χ2v) is 5.73. The molecule has 1 unspecified atom stereocenters. The summed E-state index contributed by atoms with van der Waals surface area (Å²) in [6.07, 6.45) is 0.698. The number of carbonyl (C=O) groups is 2. The Balaban J connectivity index is 1.80. The molecule has 1 aliphatic rings. The van der Waals surface area contributed by atoms with Gasteiger partial charge >= 0.3 is 5.97 Å². The van der Waals surface area contributed by atoms with E-state index in [1.807, 2.05) is 0 Å². The van der Waals surface area contributed by atoms with Crippen molar-refractivity contribution in [3.8, 4) is 11.5 Å². The summed E-state index contributed by atoms with van der Waals surface area (Å²) in [7, 11) is 1.27. The lowest BCUT2D eigenvalue weighted by Crippen LogP contribution is -2.24. The van der Waals surface area contributed by atoms with Crippen LogP contribution in [0.2, 0.25) is 0 Å². The van der Waals surface area contributed by atoms with Gasteiger partial charge in [-0.2, -0.15) is 0 Å². The zero-order chi connectivity index (χ0) is 19.6. The van der Waals surface area contributed by atoms with E-state index >= 15 is 0 Å². The molecule has 2 aromatic carbocycles. The number of nitro benzene ring substituents is 1. The average Bonchev–Trinajstić information content (AvgIpc) is 2.96. The number of hydrogen-bond acceptors (Lipinski definition) is 7. The third kappa shape index (κ3) is 3.79. The molecule has 0 radical (unpaired) electrons. The normalized spacial score (nSPS) is 15.0. The molecule has 0 N–H and O–H groups in total. The number of ether oxygens (including phenoxy) is 3. The molecule has 8 heteroatoms. The molecule has 0 bridgehead atoms. The monoisotopic (exact) mass is 369 g/mol. The van der Waals surface area contributed by atoms with E-state index in [-0.39, 0.29) is 17.2 Å². The summed E-state index contributed by atoms with van der Waals surface area (Å²) in [4.78, 5) is 34.1. The standard InChI is InChI=1S/C19H15NO7/c1-11(19(22)25-2)26-14-7-8-15-16(10-14)27-17(18(15)21)9-12-3-5-13(6-4-12)20(23)24/h3-11H,1-2H3/b17-9-. The number of ketones is 1. The molecule has 8 nitrogen and oxygen atoms in total. The summed E-state index contributed by atoms with van der Waals surface area (Å²) in [5, 5.41) is 10.7. The van der Waals surface area contributed by atoms with Gasteiger partial charge in [0.25, 0.3) is 5.69 Å². The third-order valence-corrected chi connectivity index (χ3v) is 3.89. The molecule has 0 amide bonds. The highest BCUT2D eigenvalue weighted by Crippen LogP contribution is 2.35. The van der Waals surface area contributed by atoms with Crippen molar-refractivity contribution in [3.05, 3.63) is 69.5 Å². The van der Waals surface area contributed by atoms with Crippen LogP contribution in [0, 0.1) is 10.1 Å². The van der Waals surface area contributed by atoms with Crippen LogP contribution in [0.3, 0.4) is 0 Å². The largest absolute Gasteiger partial charge is 0.479 e. The van der Waals surface area contributed by atoms with E-state index < -0.39 is 17.0 Å². The first kappa shape index (κ1) is 18.1. The van der Waals surface area contributed by atoms with Crippen molar-refractivity contribution >= 4 is 23.5 Å². The molecule has 0 aliphatic carbocycles. The van der Waals surface area contributed by atoms with E-state index in [2.05, 4.69) is 4.74 Å². The summed E-state index contributed by atoms with van der Waals surface area (Å²) in [6.45, 7) is 1.55. The van der Waals surface area contributed by atoms with Crippen molar-refractivity contribution in [2.24, 2.45) is 0 Å². The summed E-state index contributed by atoms with van der Waals surface area (Å²) in [5.74, 6) is -0.0713. The van der Waals surface area contributed by atoms with Crippen LogP contribution < -0.4 is 9.47 Å². The Kier molecular flexibility index (Phi) is 4.89. The molecule has 1 atom stereocenters. The molecule has 0 spiro atoms. The van der Waals surface area contributed by atoms with Crippen molar-refractivity contribution in [2.75, 3.05) is 7.11 Å². The summed E-state index contributed by atoms with van der Waals surface area (Å²) < 4.78 is 15.7. The van der Waals surface area contributed by atoms with Gasteiger partial charge in [-0.25, -0.2) is 4.79 Å². The molecule has 1 aliphatic heterocycles. The van der Waals surface area contributed by atoms with Crippen LogP contribution in [0.25, 0.3) is 6.08 Å². The van der Waals surface area contributed by atoms with E-state index in [9.17, 15) is 19.7 Å². The molecule has 0 saturated heterocycles. The smallest absolute Gasteiger partial charge is 0.346 e. The fourth-order valence-electron chi connectivity index (χ4n) is 2.50. The van der Waals surface area contributed by atoms with Crippen molar-refractivity contribution in [2.45, 2.75) is 13.0 Å². The highest BCUT2D eigenvalue weighted by molar-refractivity contribution is 6.14. The minimum Gasteiger partial charge on any atom is -0.479 e. The number of esters is 1. The van der Waals surface area contributed by atoms with Gasteiger partial charge in [0.05, 0.1) is 17.6 Å². The minimum absolute atomic E-state index is 0.0411. The number of methoxy groups -OCH3 is 1. The molecular weight excluding hydrogens is 354 g/mol. The topological polar surface area (TPSA) is 105 Å². The lowest BCUT2D eigenvalue weighted by Gasteiger charge is -2.12. The molecule has 27 heavy (non-hydrogen) atoms. The lowest BCUT2D eigenvalue weighted by molar-refractivity contribution is -0.384. The zero-order valence-corrected chi connectivity index (χ0v) is 14.5. The maximum Gasteiger partial charge on any atom is 0.346 e. The van der Waals surface area contributed by atoms with E-state index in [0.717, 1.165) is 0 Å². The van der Waals surface area contributed by atoms with Gasteiger partial charge in [-0.3, -0.25) is 14.9 Å². The van der Waals surface area contributed by atoms with Gasteiger partial charge < -0.3 is 14.2 Å². The van der Waals surface area contributed by atoms with Crippen LogP contribution in [0.15, 0.2) is 48.2 Å². The second-order valence-electron chi connectivity index (χ2n) is 5.73. The van der Waals surface area contributed by atoms with Crippen LogP contribution in [0.5, 0.6) is 11.5 Å². The molecular formula is C19H15NO7. The maximum atomic E-state index is 12.4. The zero-order valence-electron chi connectivity index (χ0n) is 14.5. The Bertz CT molecular complexity index is 947. The van der Waals surface area contributed by atoms with Crippen LogP contribution in [-0.4, -0.2) is 29.9 Å².